The minimum absolute atomic E-state index is 0.129. The van der Waals surface area contributed by atoms with E-state index in [-0.39, 0.29) is 11.1 Å². The minimum atomic E-state index is -1.20. The Kier molecular flexibility index (Phi) is 2.53. The van der Waals surface area contributed by atoms with Gasteiger partial charge in [-0.1, -0.05) is 17.3 Å². The number of nitrogens with one attached hydrogen (secondary N) is 1. The van der Waals surface area contributed by atoms with Crippen LogP contribution < -0.4 is 0 Å². The van der Waals surface area contributed by atoms with Gasteiger partial charge in [-0.2, -0.15) is 0 Å². The standard InChI is InChI=1S/C13H9N3O4/c17-10-5-6(13(19)20)4-8(12(10)18)7-2-1-3-9-11(7)15-16-14-9/h1-5,17-18H,(H,19,20)(H,14,15,16). The first-order valence-corrected chi connectivity index (χ1v) is 5.67. The molecule has 0 bridgehead atoms. The quantitative estimate of drug-likeness (QED) is 0.527. The molecule has 7 heteroatoms. The second-order valence-electron chi connectivity index (χ2n) is 4.21. The van der Waals surface area contributed by atoms with Crippen molar-refractivity contribution in [3.63, 3.8) is 0 Å². The smallest absolute Gasteiger partial charge is 0.335 e. The number of phenols is 2. The second-order valence-corrected chi connectivity index (χ2v) is 4.21. The molecule has 0 radical (unpaired) electrons. The number of benzene rings is 2. The summed E-state index contributed by atoms with van der Waals surface area (Å²) in [4.78, 5) is 11.0. The van der Waals surface area contributed by atoms with Crippen molar-refractivity contribution in [2.75, 3.05) is 0 Å². The molecule has 0 aliphatic heterocycles. The zero-order valence-corrected chi connectivity index (χ0v) is 10.0. The Morgan fingerprint density at radius 1 is 1.15 bits per heavy atom. The summed E-state index contributed by atoms with van der Waals surface area (Å²) in [5.74, 6) is -2.10. The zero-order valence-electron chi connectivity index (χ0n) is 10.0. The van der Waals surface area contributed by atoms with Crippen LogP contribution in [0.15, 0.2) is 30.3 Å². The molecular formula is C13H9N3O4. The number of carbonyl (C=O) groups is 1. The maximum Gasteiger partial charge on any atom is 0.335 e. The molecule has 4 N–H and O–H groups in total. The molecule has 0 saturated carbocycles. The van der Waals surface area contributed by atoms with E-state index in [1.807, 2.05) is 0 Å². The van der Waals surface area contributed by atoms with E-state index in [9.17, 15) is 15.0 Å². The lowest BCUT2D eigenvalue weighted by Gasteiger charge is -2.08. The van der Waals surface area contributed by atoms with Crippen LogP contribution in [0.4, 0.5) is 0 Å². The fraction of sp³-hybridized carbons (Fsp3) is 0. The van der Waals surface area contributed by atoms with Gasteiger partial charge in [0.1, 0.15) is 5.52 Å². The van der Waals surface area contributed by atoms with Crippen molar-refractivity contribution in [3.8, 4) is 22.6 Å². The number of aromatic carboxylic acids is 1. The number of aromatic nitrogens is 3. The highest BCUT2D eigenvalue weighted by Gasteiger charge is 2.17. The highest BCUT2D eigenvalue weighted by molar-refractivity contribution is 5.97. The van der Waals surface area contributed by atoms with Crippen LogP contribution in [0.25, 0.3) is 22.2 Å². The number of hydrogen-bond acceptors (Lipinski definition) is 5. The Labute approximate surface area is 112 Å². The van der Waals surface area contributed by atoms with Crippen molar-refractivity contribution < 1.29 is 20.1 Å². The third-order valence-corrected chi connectivity index (χ3v) is 2.98. The fourth-order valence-corrected chi connectivity index (χ4v) is 2.04. The maximum absolute atomic E-state index is 11.0. The summed E-state index contributed by atoms with van der Waals surface area (Å²) in [6.45, 7) is 0. The summed E-state index contributed by atoms with van der Waals surface area (Å²) in [6, 6.07) is 7.38. The number of carboxylic acid groups (broad SMARTS) is 1. The average molecular weight is 271 g/mol. The third-order valence-electron chi connectivity index (χ3n) is 2.98. The van der Waals surface area contributed by atoms with E-state index < -0.39 is 17.5 Å². The number of aromatic hydroxyl groups is 2. The minimum Gasteiger partial charge on any atom is -0.504 e. The third kappa shape index (κ3) is 1.72. The molecule has 0 aliphatic rings. The van der Waals surface area contributed by atoms with Crippen LogP contribution >= 0.6 is 0 Å². The molecule has 2 aromatic carbocycles. The molecule has 3 rings (SSSR count). The van der Waals surface area contributed by atoms with Crippen LogP contribution in [-0.2, 0) is 0 Å². The molecular weight excluding hydrogens is 262 g/mol. The number of fused-ring (bicyclic) bond motifs is 1. The molecule has 0 aliphatic carbocycles. The summed E-state index contributed by atoms with van der Waals surface area (Å²) in [6.07, 6.45) is 0. The SMILES string of the molecule is O=C(O)c1cc(O)c(O)c(-c2cccc3[nH]nnc23)c1. The lowest BCUT2D eigenvalue weighted by Crippen LogP contribution is -1.97. The van der Waals surface area contributed by atoms with E-state index in [1.165, 1.54) is 6.07 Å². The number of nitrogens with zero attached hydrogens (tertiary/aromatic N) is 2. The summed E-state index contributed by atoms with van der Waals surface area (Å²) < 4.78 is 0. The lowest BCUT2D eigenvalue weighted by molar-refractivity contribution is 0.0696. The Morgan fingerprint density at radius 3 is 2.70 bits per heavy atom. The molecule has 3 aromatic rings. The van der Waals surface area contributed by atoms with Gasteiger partial charge < -0.3 is 15.3 Å². The Hall–Kier alpha value is -3.09. The molecule has 1 aromatic heterocycles. The maximum atomic E-state index is 11.0. The van der Waals surface area contributed by atoms with Gasteiger partial charge in [-0.05, 0) is 18.2 Å². The van der Waals surface area contributed by atoms with Crippen LogP contribution in [0.1, 0.15) is 10.4 Å². The molecule has 0 atom stereocenters. The molecule has 20 heavy (non-hydrogen) atoms. The van der Waals surface area contributed by atoms with Gasteiger partial charge in [0, 0.05) is 11.1 Å². The van der Waals surface area contributed by atoms with Crippen molar-refractivity contribution in [3.05, 3.63) is 35.9 Å². The number of carboxylic acids is 1. The first kappa shape index (κ1) is 12.0. The molecule has 0 spiro atoms. The number of H-pyrrole nitrogens is 1. The number of rotatable bonds is 2. The first-order chi connectivity index (χ1) is 9.58. The van der Waals surface area contributed by atoms with Crippen LogP contribution in [0.3, 0.4) is 0 Å². The molecule has 100 valence electrons. The number of phenolic OH excluding ortho intramolecular Hbond substituents is 2. The zero-order chi connectivity index (χ0) is 14.3. The van der Waals surface area contributed by atoms with E-state index in [1.54, 1.807) is 18.2 Å². The molecule has 1 heterocycles. The Morgan fingerprint density at radius 2 is 1.95 bits per heavy atom. The van der Waals surface area contributed by atoms with E-state index in [2.05, 4.69) is 15.4 Å². The summed E-state index contributed by atoms with van der Waals surface area (Å²) in [5, 5.41) is 38.9. The highest BCUT2D eigenvalue weighted by Crippen LogP contribution is 2.39. The average Bonchev–Trinajstić information content (AvgIpc) is 2.89. The van der Waals surface area contributed by atoms with Crippen LogP contribution in [0.2, 0.25) is 0 Å². The van der Waals surface area contributed by atoms with Gasteiger partial charge in [-0.3, -0.25) is 5.10 Å². The Balaban J connectivity index is 2.33. The predicted molar refractivity (Wildman–Crippen MR) is 69.6 cm³/mol. The van der Waals surface area contributed by atoms with E-state index >= 15 is 0 Å². The van der Waals surface area contributed by atoms with Crippen molar-refractivity contribution in [2.45, 2.75) is 0 Å². The van der Waals surface area contributed by atoms with E-state index in [4.69, 9.17) is 5.11 Å². The lowest BCUT2D eigenvalue weighted by atomic mass is 10.00. The summed E-state index contributed by atoms with van der Waals surface area (Å²) >= 11 is 0. The van der Waals surface area contributed by atoms with Crippen molar-refractivity contribution in [2.24, 2.45) is 0 Å². The molecule has 0 saturated heterocycles. The van der Waals surface area contributed by atoms with Gasteiger partial charge >= 0.3 is 5.97 Å². The van der Waals surface area contributed by atoms with Gasteiger partial charge in [-0.25, -0.2) is 4.79 Å². The van der Waals surface area contributed by atoms with Crippen molar-refractivity contribution in [1.82, 2.24) is 15.4 Å². The topological polar surface area (TPSA) is 119 Å². The number of hydrogen-bond donors (Lipinski definition) is 4. The van der Waals surface area contributed by atoms with Crippen LogP contribution in [-0.4, -0.2) is 36.7 Å². The van der Waals surface area contributed by atoms with Crippen molar-refractivity contribution in [1.29, 1.82) is 0 Å². The summed E-state index contributed by atoms with van der Waals surface area (Å²) in [7, 11) is 0. The normalized spacial score (nSPS) is 10.8. The molecule has 0 unspecified atom stereocenters. The predicted octanol–water partition coefficient (Wildman–Crippen LogP) is 1.73. The first-order valence-electron chi connectivity index (χ1n) is 5.67. The van der Waals surface area contributed by atoms with Gasteiger partial charge in [0.15, 0.2) is 11.5 Å². The van der Waals surface area contributed by atoms with Gasteiger partial charge in [-0.15, -0.1) is 5.10 Å². The van der Waals surface area contributed by atoms with Crippen LogP contribution in [0.5, 0.6) is 11.5 Å². The van der Waals surface area contributed by atoms with E-state index in [0.29, 0.717) is 16.6 Å². The molecule has 7 nitrogen and oxygen atoms in total. The largest absolute Gasteiger partial charge is 0.504 e. The molecule has 0 amide bonds. The van der Waals surface area contributed by atoms with Crippen LogP contribution in [0, 0.1) is 0 Å². The van der Waals surface area contributed by atoms with Gasteiger partial charge in [0.05, 0.1) is 11.1 Å². The monoisotopic (exact) mass is 271 g/mol. The molecule has 0 fully saturated rings. The second kappa shape index (κ2) is 4.23. The van der Waals surface area contributed by atoms with Gasteiger partial charge in [0.25, 0.3) is 0 Å². The van der Waals surface area contributed by atoms with E-state index in [0.717, 1.165) is 6.07 Å². The summed E-state index contributed by atoms with van der Waals surface area (Å²) in [5.41, 5.74) is 1.65. The fourth-order valence-electron chi connectivity index (χ4n) is 2.04. The van der Waals surface area contributed by atoms with Crippen molar-refractivity contribution >= 4 is 17.0 Å². The Bertz CT molecular complexity index is 826. The highest BCUT2D eigenvalue weighted by atomic mass is 16.4. The van der Waals surface area contributed by atoms with Gasteiger partial charge in [0.2, 0.25) is 0 Å². The number of aromatic amines is 1.